The van der Waals surface area contributed by atoms with Crippen LogP contribution in [0, 0.1) is 0 Å². The Hall–Kier alpha value is -2.32. The first-order chi connectivity index (χ1) is 12.0. The van der Waals surface area contributed by atoms with Crippen molar-refractivity contribution >= 4 is 34.4 Å². The number of aromatic nitrogens is 1. The van der Waals surface area contributed by atoms with Crippen LogP contribution in [0.5, 0.6) is 0 Å². The van der Waals surface area contributed by atoms with E-state index in [0.29, 0.717) is 10.7 Å². The lowest BCUT2D eigenvalue weighted by atomic mass is 10.2. The van der Waals surface area contributed by atoms with Gasteiger partial charge in [0.1, 0.15) is 0 Å². The van der Waals surface area contributed by atoms with Gasteiger partial charge in [0.2, 0.25) is 5.13 Å². The molecule has 0 radical (unpaired) electrons. The summed E-state index contributed by atoms with van der Waals surface area (Å²) in [5.41, 5.74) is 0.615. The molecular weight excluding hydrogens is 367 g/mol. The summed E-state index contributed by atoms with van der Waals surface area (Å²) >= 11 is 1.22. The smallest absolute Gasteiger partial charge is 0.253 e. The SMILES string of the molecule is FC(F)(F)Sc1ccccc1C=NNc1nc(-c2ccccc2)cs1. The average Bonchev–Trinajstić information content (AvgIpc) is 3.05. The molecule has 0 saturated carbocycles. The van der Waals surface area contributed by atoms with E-state index in [4.69, 9.17) is 0 Å². The van der Waals surface area contributed by atoms with Crippen molar-refractivity contribution in [2.75, 3.05) is 5.43 Å². The predicted molar refractivity (Wildman–Crippen MR) is 97.1 cm³/mol. The summed E-state index contributed by atoms with van der Waals surface area (Å²) in [6.45, 7) is 0. The first kappa shape index (κ1) is 17.5. The highest BCUT2D eigenvalue weighted by atomic mass is 32.2. The third kappa shape index (κ3) is 5.07. The van der Waals surface area contributed by atoms with E-state index in [9.17, 15) is 13.2 Å². The van der Waals surface area contributed by atoms with Crippen molar-refractivity contribution in [2.24, 2.45) is 5.10 Å². The first-order valence-electron chi connectivity index (χ1n) is 7.16. The number of hydrogen-bond donors (Lipinski definition) is 1. The summed E-state index contributed by atoms with van der Waals surface area (Å²) in [5, 5.41) is 6.46. The molecule has 1 heterocycles. The number of halogens is 3. The molecule has 0 unspecified atom stereocenters. The van der Waals surface area contributed by atoms with Crippen molar-refractivity contribution < 1.29 is 13.2 Å². The number of rotatable bonds is 5. The molecule has 0 bridgehead atoms. The zero-order chi connectivity index (χ0) is 17.7. The van der Waals surface area contributed by atoms with Gasteiger partial charge in [-0.1, -0.05) is 48.5 Å². The summed E-state index contributed by atoms with van der Waals surface area (Å²) < 4.78 is 37.7. The zero-order valence-electron chi connectivity index (χ0n) is 12.7. The molecular formula is C17H12F3N3S2. The summed E-state index contributed by atoms with van der Waals surface area (Å²) in [6, 6.07) is 15.9. The van der Waals surface area contributed by atoms with E-state index in [2.05, 4.69) is 15.5 Å². The largest absolute Gasteiger partial charge is 0.446 e. The van der Waals surface area contributed by atoms with Gasteiger partial charge in [0.15, 0.2) is 0 Å². The molecule has 3 rings (SSSR count). The Morgan fingerprint density at radius 3 is 2.52 bits per heavy atom. The Morgan fingerprint density at radius 1 is 1.04 bits per heavy atom. The molecule has 3 nitrogen and oxygen atoms in total. The monoisotopic (exact) mass is 379 g/mol. The van der Waals surface area contributed by atoms with Crippen molar-refractivity contribution in [2.45, 2.75) is 10.4 Å². The minimum atomic E-state index is -4.34. The van der Waals surface area contributed by atoms with Crippen LogP contribution in [-0.2, 0) is 0 Å². The van der Waals surface area contributed by atoms with Gasteiger partial charge in [0.05, 0.1) is 11.9 Å². The molecule has 0 atom stereocenters. The maximum Gasteiger partial charge on any atom is 0.446 e. The Balaban J connectivity index is 1.69. The first-order valence-corrected chi connectivity index (χ1v) is 8.86. The second kappa shape index (κ2) is 7.71. The number of benzene rings is 2. The summed E-state index contributed by atoms with van der Waals surface area (Å²) in [6.07, 6.45) is 1.36. The number of anilines is 1. The molecule has 3 aromatic rings. The van der Waals surface area contributed by atoms with Crippen LogP contribution in [0.25, 0.3) is 11.3 Å². The van der Waals surface area contributed by atoms with E-state index >= 15 is 0 Å². The van der Waals surface area contributed by atoms with Gasteiger partial charge in [-0.25, -0.2) is 4.98 Å². The van der Waals surface area contributed by atoms with Gasteiger partial charge in [-0.3, -0.25) is 5.43 Å². The number of hydrazone groups is 1. The average molecular weight is 379 g/mol. The summed E-state index contributed by atoms with van der Waals surface area (Å²) in [4.78, 5) is 4.50. The molecule has 25 heavy (non-hydrogen) atoms. The number of thioether (sulfide) groups is 1. The lowest BCUT2D eigenvalue weighted by Crippen LogP contribution is -2.01. The number of alkyl halides is 3. The van der Waals surface area contributed by atoms with E-state index < -0.39 is 5.51 Å². The van der Waals surface area contributed by atoms with Gasteiger partial charge in [-0.15, -0.1) is 11.3 Å². The predicted octanol–water partition coefficient (Wildman–Crippen LogP) is 5.87. The highest BCUT2D eigenvalue weighted by Gasteiger charge is 2.30. The number of nitrogens with one attached hydrogen (secondary N) is 1. The Bertz CT molecular complexity index is 861. The van der Waals surface area contributed by atoms with Crippen molar-refractivity contribution in [1.82, 2.24) is 4.98 Å². The summed E-state index contributed by atoms with van der Waals surface area (Å²) in [7, 11) is 0. The number of hydrogen-bond acceptors (Lipinski definition) is 5. The van der Waals surface area contributed by atoms with Gasteiger partial charge in [0, 0.05) is 21.4 Å². The highest BCUT2D eigenvalue weighted by Crippen LogP contribution is 2.38. The van der Waals surface area contributed by atoms with Crippen molar-refractivity contribution in [3.8, 4) is 11.3 Å². The second-order valence-electron chi connectivity index (χ2n) is 4.86. The van der Waals surface area contributed by atoms with Gasteiger partial charge in [-0.2, -0.15) is 18.3 Å². The fourth-order valence-corrected chi connectivity index (χ4v) is 3.33. The molecule has 8 heteroatoms. The molecule has 1 N–H and O–H groups in total. The summed E-state index contributed by atoms with van der Waals surface area (Å²) in [5.74, 6) is 0. The molecule has 1 aromatic heterocycles. The van der Waals surface area contributed by atoms with Crippen LogP contribution in [0.1, 0.15) is 5.56 Å². The van der Waals surface area contributed by atoms with Crippen LogP contribution in [-0.4, -0.2) is 16.7 Å². The lowest BCUT2D eigenvalue weighted by molar-refractivity contribution is -0.0328. The molecule has 0 aliphatic rings. The van der Waals surface area contributed by atoms with E-state index in [-0.39, 0.29) is 16.7 Å². The standard InChI is InChI=1S/C17H12F3N3S2/c18-17(19,20)25-15-9-5-4-8-13(15)10-21-23-16-22-14(11-24-16)12-6-2-1-3-7-12/h1-11H,(H,22,23). The topological polar surface area (TPSA) is 37.3 Å². The minimum absolute atomic E-state index is 0.102. The maximum atomic E-state index is 12.6. The van der Waals surface area contributed by atoms with Gasteiger partial charge < -0.3 is 0 Å². The second-order valence-corrected chi connectivity index (χ2v) is 6.82. The highest BCUT2D eigenvalue weighted by molar-refractivity contribution is 8.00. The fourth-order valence-electron chi connectivity index (χ4n) is 2.03. The van der Waals surface area contributed by atoms with Crippen LogP contribution < -0.4 is 5.43 Å². The Morgan fingerprint density at radius 2 is 1.76 bits per heavy atom. The van der Waals surface area contributed by atoms with Gasteiger partial charge in [0.25, 0.3) is 0 Å². The van der Waals surface area contributed by atoms with E-state index in [1.807, 2.05) is 35.7 Å². The van der Waals surface area contributed by atoms with E-state index in [1.165, 1.54) is 23.6 Å². The van der Waals surface area contributed by atoms with Crippen molar-refractivity contribution in [1.29, 1.82) is 0 Å². The molecule has 0 fully saturated rings. The van der Waals surface area contributed by atoms with Crippen molar-refractivity contribution in [3.05, 3.63) is 65.5 Å². The molecule has 0 aliphatic carbocycles. The molecule has 0 amide bonds. The van der Waals surface area contributed by atoms with Crippen LogP contribution in [0.4, 0.5) is 18.3 Å². The fraction of sp³-hybridized carbons (Fsp3) is 0.0588. The molecule has 128 valence electrons. The Labute approximate surface area is 150 Å². The molecule has 0 saturated heterocycles. The van der Waals surface area contributed by atoms with Crippen LogP contribution in [0.2, 0.25) is 0 Å². The maximum absolute atomic E-state index is 12.6. The van der Waals surface area contributed by atoms with E-state index in [0.717, 1.165) is 11.3 Å². The van der Waals surface area contributed by atoms with E-state index in [1.54, 1.807) is 18.2 Å². The minimum Gasteiger partial charge on any atom is -0.253 e. The van der Waals surface area contributed by atoms with Gasteiger partial charge >= 0.3 is 5.51 Å². The molecule has 0 aliphatic heterocycles. The third-order valence-electron chi connectivity index (χ3n) is 3.08. The van der Waals surface area contributed by atoms with Crippen LogP contribution >= 0.6 is 23.1 Å². The lowest BCUT2D eigenvalue weighted by Gasteiger charge is -2.07. The van der Waals surface area contributed by atoms with Crippen LogP contribution in [0.3, 0.4) is 0 Å². The van der Waals surface area contributed by atoms with Crippen molar-refractivity contribution in [3.63, 3.8) is 0 Å². The quantitative estimate of drug-likeness (QED) is 0.342. The van der Waals surface area contributed by atoms with Gasteiger partial charge in [-0.05, 0) is 17.8 Å². The number of thiazole rings is 1. The third-order valence-corrected chi connectivity index (χ3v) is 4.65. The number of nitrogens with zero attached hydrogens (tertiary/aromatic N) is 2. The molecule has 0 spiro atoms. The van der Waals surface area contributed by atoms with Crippen LogP contribution in [0.15, 0.2) is 70.0 Å². The molecule has 2 aromatic carbocycles. The zero-order valence-corrected chi connectivity index (χ0v) is 14.3. The normalized spacial score (nSPS) is 11.8. The Kier molecular flexibility index (Phi) is 5.40.